The van der Waals surface area contributed by atoms with Crippen LogP contribution in [0.1, 0.15) is 20.3 Å². The van der Waals surface area contributed by atoms with Gasteiger partial charge in [-0.05, 0) is 25.5 Å². The predicted octanol–water partition coefficient (Wildman–Crippen LogP) is 1.76. The highest BCUT2D eigenvalue weighted by atomic mass is 32.2. The summed E-state index contributed by atoms with van der Waals surface area (Å²) in [6, 6.07) is 9.90. The van der Waals surface area contributed by atoms with Crippen molar-refractivity contribution in [1.82, 2.24) is 10.6 Å². The first-order chi connectivity index (χ1) is 9.17. The molecule has 0 saturated carbocycles. The highest BCUT2D eigenvalue weighted by Crippen LogP contribution is 2.04. The molecule has 0 heterocycles. The Morgan fingerprint density at radius 2 is 2.05 bits per heavy atom. The lowest BCUT2D eigenvalue weighted by atomic mass is 10.3. The average Bonchev–Trinajstić information content (AvgIpc) is 2.46. The van der Waals surface area contributed by atoms with Crippen LogP contribution in [0.25, 0.3) is 0 Å². The summed E-state index contributed by atoms with van der Waals surface area (Å²) in [5.74, 6) is 1.34. The maximum Gasteiger partial charge on any atom is 0.191 e. The molecule has 0 aromatic heterocycles. The first-order valence-corrected chi connectivity index (χ1v) is 7.89. The molecular weight excluding hydrogens is 258 g/mol. The van der Waals surface area contributed by atoms with Crippen molar-refractivity contribution in [3.63, 3.8) is 0 Å². The molecule has 19 heavy (non-hydrogen) atoms. The van der Waals surface area contributed by atoms with Crippen molar-refractivity contribution >= 4 is 16.8 Å². The third kappa shape index (κ3) is 5.87. The number of hydrogen-bond acceptors (Lipinski definition) is 2. The van der Waals surface area contributed by atoms with E-state index in [-0.39, 0.29) is 0 Å². The van der Waals surface area contributed by atoms with Gasteiger partial charge >= 0.3 is 0 Å². The van der Waals surface area contributed by atoms with Crippen molar-refractivity contribution in [2.75, 3.05) is 19.3 Å². The van der Waals surface area contributed by atoms with Gasteiger partial charge in [-0.25, -0.2) is 0 Å². The van der Waals surface area contributed by atoms with Crippen LogP contribution < -0.4 is 10.6 Å². The highest BCUT2D eigenvalue weighted by Gasteiger charge is 2.05. The minimum atomic E-state index is -0.962. The monoisotopic (exact) mass is 281 g/mol. The topological polar surface area (TPSA) is 53.5 Å². The van der Waals surface area contributed by atoms with Gasteiger partial charge in [0.15, 0.2) is 5.96 Å². The third-order valence-corrected chi connectivity index (χ3v) is 4.18. The molecule has 0 aliphatic rings. The molecule has 2 atom stereocenters. The lowest BCUT2D eigenvalue weighted by molar-refractivity contribution is 0.626. The van der Waals surface area contributed by atoms with Gasteiger partial charge in [0.25, 0.3) is 0 Å². The summed E-state index contributed by atoms with van der Waals surface area (Å²) in [6.45, 7) is 4.86. The molecule has 0 saturated heterocycles. The van der Waals surface area contributed by atoms with Crippen LogP contribution in [0.4, 0.5) is 0 Å². The van der Waals surface area contributed by atoms with Gasteiger partial charge in [-0.1, -0.05) is 25.1 Å². The number of aliphatic imine (C=N–C) groups is 1. The second kappa shape index (κ2) is 8.69. The molecule has 0 aliphatic carbocycles. The SMILES string of the molecule is CCC(C)NC(=NC)NCCS(=O)c1ccccc1. The van der Waals surface area contributed by atoms with Gasteiger partial charge in [0.05, 0.1) is 10.8 Å². The van der Waals surface area contributed by atoms with Crippen molar-refractivity contribution in [2.24, 2.45) is 4.99 Å². The van der Waals surface area contributed by atoms with Crippen LogP contribution in [0.3, 0.4) is 0 Å². The lowest BCUT2D eigenvalue weighted by Crippen LogP contribution is -2.43. The largest absolute Gasteiger partial charge is 0.355 e. The zero-order chi connectivity index (χ0) is 14.1. The van der Waals surface area contributed by atoms with Crippen molar-refractivity contribution < 1.29 is 4.21 Å². The van der Waals surface area contributed by atoms with Crippen LogP contribution in [0.2, 0.25) is 0 Å². The normalized spacial score (nSPS) is 14.8. The van der Waals surface area contributed by atoms with Crippen molar-refractivity contribution in [2.45, 2.75) is 31.2 Å². The second-order valence-corrected chi connectivity index (χ2v) is 5.89. The highest BCUT2D eigenvalue weighted by molar-refractivity contribution is 7.85. The zero-order valence-corrected chi connectivity index (χ0v) is 12.7. The summed E-state index contributed by atoms with van der Waals surface area (Å²) in [6.07, 6.45) is 1.04. The minimum absolute atomic E-state index is 0.380. The Bertz CT molecular complexity index is 420. The number of rotatable bonds is 6. The lowest BCUT2D eigenvalue weighted by Gasteiger charge is -2.16. The van der Waals surface area contributed by atoms with E-state index in [4.69, 9.17) is 0 Å². The number of nitrogens with zero attached hydrogens (tertiary/aromatic N) is 1. The Balaban J connectivity index is 2.35. The van der Waals surface area contributed by atoms with E-state index in [0.29, 0.717) is 18.3 Å². The van der Waals surface area contributed by atoms with Crippen LogP contribution in [0.5, 0.6) is 0 Å². The summed E-state index contributed by atoms with van der Waals surface area (Å²) in [7, 11) is 0.780. The number of guanidine groups is 1. The maximum atomic E-state index is 12.0. The molecule has 4 nitrogen and oxygen atoms in total. The Hall–Kier alpha value is -1.36. The first-order valence-electron chi connectivity index (χ1n) is 6.58. The van der Waals surface area contributed by atoms with E-state index >= 15 is 0 Å². The summed E-state index contributed by atoms with van der Waals surface area (Å²) in [4.78, 5) is 5.01. The van der Waals surface area contributed by atoms with Crippen molar-refractivity contribution in [1.29, 1.82) is 0 Å². The quantitative estimate of drug-likeness (QED) is 0.617. The molecule has 1 aromatic rings. The van der Waals surface area contributed by atoms with E-state index in [1.807, 2.05) is 30.3 Å². The molecule has 0 bridgehead atoms. The molecule has 0 spiro atoms. The predicted molar refractivity (Wildman–Crippen MR) is 82.0 cm³/mol. The standard InChI is InChI=1S/C14H23N3OS/c1-4-12(2)17-14(15-3)16-10-11-19(18)13-8-6-5-7-9-13/h5-9,12H,4,10-11H2,1-3H3,(H2,15,16,17). The summed E-state index contributed by atoms with van der Waals surface area (Å²) < 4.78 is 12.0. The van der Waals surface area contributed by atoms with E-state index in [1.54, 1.807) is 7.05 Å². The first kappa shape index (κ1) is 15.7. The zero-order valence-electron chi connectivity index (χ0n) is 11.8. The molecule has 1 rings (SSSR count). The minimum Gasteiger partial charge on any atom is -0.355 e. The molecular formula is C14H23N3OS. The van der Waals surface area contributed by atoms with Gasteiger partial charge in [-0.3, -0.25) is 9.20 Å². The third-order valence-electron chi connectivity index (χ3n) is 2.81. The molecule has 1 aromatic carbocycles. The van der Waals surface area contributed by atoms with Crippen LogP contribution in [0.15, 0.2) is 40.2 Å². The van der Waals surface area contributed by atoms with Gasteiger partial charge in [-0.2, -0.15) is 0 Å². The Labute approximate surface area is 118 Å². The molecule has 0 radical (unpaired) electrons. The van der Waals surface area contributed by atoms with Gasteiger partial charge in [0.1, 0.15) is 0 Å². The molecule has 0 fully saturated rings. The average molecular weight is 281 g/mol. The van der Waals surface area contributed by atoms with Crippen LogP contribution >= 0.6 is 0 Å². The fourth-order valence-corrected chi connectivity index (χ4v) is 2.47. The van der Waals surface area contributed by atoms with E-state index < -0.39 is 10.8 Å². The number of benzene rings is 1. The van der Waals surface area contributed by atoms with Crippen LogP contribution in [-0.4, -0.2) is 35.6 Å². The molecule has 0 amide bonds. The van der Waals surface area contributed by atoms with E-state index in [0.717, 1.165) is 17.3 Å². The molecule has 5 heteroatoms. The van der Waals surface area contributed by atoms with E-state index in [1.165, 1.54) is 0 Å². The molecule has 0 aliphatic heterocycles. The van der Waals surface area contributed by atoms with Gasteiger partial charge in [0.2, 0.25) is 0 Å². The summed E-state index contributed by atoms with van der Waals surface area (Å²) in [5, 5.41) is 6.45. The summed E-state index contributed by atoms with van der Waals surface area (Å²) in [5.41, 5.74) is 0. The number of nitrogens with one attached hydrogen (secondary N) is 2. The van der Waals surface area contributed by atoms with E-state index in [9.17, 15) is 4.21 Å². The van der Waals surface area contributed by atoms with Crippen LogP contribution in [-0.2, 0) is 10.8 Å². The maximum absolute atomic E-state index is 12.0. The molecule has 2 unspecified atom stereocenters. The Morgan fingerprint density at radius 1 is 1.37 bits per heavy atom. The van der Waals surface area contributed by atoms with Crippen LogP contribution in [0, 0.1) is 0 Å². The number of hydrogen-bond donors (Lipinski definition) is 2. The summed E-state index contributed by atoms with van der Waals surface area (Å²) >= 11 is 0. The Morgan fingerprint density at radius 3 is 2.63 bits per heavy atom. The van der Waals surface area contributed by atoms with Gasteiger partial charge in [0, 0.05) is 30.3 Å². The van der Waals surface area contributed by atoms with Gasteiger partial charge < -0.3 is 10.6 Å². The fraction of sp³-hybridized carbons (Fsp3) is 0.500. The smallest absolute Gasteiger partial charge is 0.191 e. The second-order valence-electron chi connectivity index (χ2n) is 4.32. The van der Waals surface area contributed by atoms with Crippen molar-refractivity contribution in [3.8, 4) is 0 Å². The fourth-order valence-electron chi connectivity index (χ4n) is 1.48. The molecule has 2 N–H and O–H groups in total. The van der Waals surface area contributed by atoms with Crippen molar-refractivity contribution in [3.05, 3.63) is 30.3 Å². The van der Waals surface area contributed by atoms with E-state index in [2.05, 4.69) is 29.5 Å². The Kier molecular flexibility index (Phi) is 7.18. The molecule has 106 valence electrons. The van der Waals surface area contributed by atoms with Gasteiger partial charge in [-0.15, -0.1) is 0 Å².